The van der Waals surface area contributed by atoms with Crippen LogP contribution in [0.25, 0.3) is 0 Å². The van der Waals surface area contributed by atoms with Gasteiger partial charge in [-0.3, -0.25) is 4.79 Å². The smallest absolute Gasteiger partial charge is 0.248 e. The number of nitrogens with zero attached hydrogens (tertiary/aromatic N) is 2. The Balaban J connectivity index is 1.70. The third-order valence-corrected chi connectivity index (χ3v) is 3.18. The molecule has 0 bridgehead atoms. The van der Waals surface area contributed by atoms with Gasteiger partial charge in [0.25, 0.3) is 0 Å². The van der Waals surface area contributed by atoms with E-state index in [1.165, 1.54) is 12.4 Å². The van der Waals surface area contributed by atoms with Crippen molar-refractivity contribution in [3.63, 3.8) is 0 Å². The summed E-state index contributed by atoms with van der Waals surface area (Å²) in [5.74, 6) is 0.272. The molecule has 0 radical (unpaired) electrons. The fourth-order valence-electron chi connectivity index (χ4n) is 2.07. The molecule has 19 heavy (non-hydrogen) atoms. The van der Waals surface area contributed by atoms with Crippen LogP contribution in [0.2, 0.25) is 5.15 Å². The zero-order valence-corrected chi connectivity index (χ0v) is 10.7. The van der Waals surface area contributed by atoms with E-state index in [1.54, 1.807) is 0 Å². The number of hydrogen-bond donors (Lipinski definition) is 2. The third kappa shape index (κ3) is 2.51. The van der Waals surface area contributed by atoms with Gasteiger partial charge in [0, 0.05) is 18.2 Å². The maximum Gasteiger partial charge on any atom is 0.248 e. The van der Waals surface area contributed by atoms with Crippen LogP contribution in [0, 0.1) is 0 Å². The molecule has 6 heteroatoms. The van der Waals surface area contributed by atoms with Crippen molar-refractivity contribution in [3.05, 3.63) is 47.4 Å². The van der Waals surface area contributed by atoms with E-state index in [4.69, 9.17) is 11.6 Å². The molecule has 0 unspecified atom stereocenters. The number of nitrogens with one attached hydrogen (secondary N) is 2. The van der Waals surface area contributed by atoms with Crippen molar-refractivity contribution in [2.24, 2.45) is 0 Å². The third-order valence-electron chi connectivity index (χ3n) is 2.97. The summed E-state index contributed by atoms with van der Waals surface area (Å²) in [7, 11) is 0. The quantitative estimate of drug-likeness (QED) is 0.823. The summed E-state index contributed by atoms with van der Waals surface area (Å²) in [5, 5.41) is 6.20. The molecule has 1 aromatic heterocycles. The Hall–Kier alpha value is -2.14. The van der Waals surface area contributed by atoms with Gasteiger partial charge in [-0.25, -0.2) is 9.97 Å². The van der Waals surface area contributed by atoms with Gasteiger partial charge in [0.15, 0.2) is 0 Å². The summed E-state index contributed by atoms with van der Waals surface area (Å²) in [6, 6.07) is 9.11. The van der Waals surface area contributed by atoms with Crippen molar-refractivity contribution in [1.29, 1.82) is 0 Å². The molecule has 5 nitrogen and oxygen atoms in total. The Labute approximate surface area is 115 Å². The number of carbonyl (C=O) groups is 1. The van der Waals surface area contributed by atoms with E-state index in [2.05, 4.69) is 20.6 Å². The molecule has 0 aliphatic carbocycles. The minimum absolute atomic E-state index is 0.133. The molecule has 0 saturated heterocycles. The van der Waals surface area contributed by atoms with E-state index in [9.17, 15) is 4.79 Å². The fraction of sp³-hybridized carbons (Fsp3) is 0.154. The lowest BCUT2D eigenvalue weighted by Crippen LogP contribution is -2.33. The summed E-state index contributed by atoms with van der Waals surface area (Å²) < 4.78 is 0. The van der Waals surface area contributed by atoms with Crippen molar-refractivity contribution in [2.75, 3.05) is 10.6 Å². The highest BCUT2D eigenvalue weighted by molar-refractivity contribution is 6.29. The number of halogens is 1. The minimum atomic E-state index is -0.286. The molecule has 2 N–H and O–H groups in total. The summed E-state index contributed by atoms with van der Waals surface area (Å²) in [6.07, 6.45) is 1.98. The Bertz CT molecular complexity index is 607. The second-order valence-corrected chi connectivity index (χ2v) is 4.66. The molecule has 2 aromatic rings. The molecule has 1 aliphatic rings. The van der Waals surface area contributed by atoms with Gasteiger partial charge in [0.1, 0.15) is 23.3 Å². The first-order valence-corrected chi connectivity index (χ1v) is 6.23. The number of benzene rings is 1. The van der Waals surface area contributed by atoms with E-state index in [0.717, 1.165) is 11.3 Å². The average molecular weight is 275 g/mol. The standard InChI is InChI=1S/C13H11ClN4O/c14-11-6-12(16-7-15-11)18-13(19)10-5-8-3-1-2-4-9(8)17-10/h1-4,6-7,10,17H,5H2,(H,15,16,18,19)/t10-/m0/s1. The van der Waals surface area contributed by atoms with E-state index >= 15 is 0 Å². The van der Waals surface area contributed by atoms with Crippen molar-refractivity contribution < 1.29 is 4.79 Å². The maximum atomic E-state index is 12.1. The van der Waals surface area contributed by atoms with Crippen LogP contribution in [-0.2, 0) is 11.2 Å². The van der Waals surface area contributed by atoms with E-state index < -0.39 is 0 Å². The van der Waals surface area contributed by atoms with Crippen LogP contribution in [0.5, 0.6) is 0 Å². The molecule has 1 amide bonds. The van der Waals surface area contributed by atoms with Crippen LogP contribution in [-0.4, -0.2) is 21.9 Å². The summed E-state index contributed by atoms with van der Waals surface area (Å²) >= 11 is 5.74. The van der Waals surface area contributed by atoms with Crippen LogP contribution in [0.15, 0.2) is 36.7 Å². The predicted octanol–water partition coefficient (Wildman–Crippen LogP) is 2.11. The van der Waals surface area contributed by atoms with Crippen LogP contribution in [0.1, 0.15) is 5.56 Å². The van der Waals surface area contributed by atoms with Gasteiger partial charge in [-0.15, -0.1) is 0 Å². The van der Waals surface area contributed by atoms with Crippen molar-refractivity contribution in [2.45, 2.75) is 12.5 Å². The van der Waals surface area contributed by atoms with Crippen LogP contribution in [0.3, 0.4) is 0 Å². The first kappa shape index (κ1) is 11.9. The maximum absolute atomic E-state index is 12.1. The molecule has 1 aromatic carbocycles. The summed E-state index contributed by atoms with van der Waals surface area (Å²) in [5.41, 5.74) is 2.15. The Morgan fingerprint density at radius 3 is 3.00 bits per heavy atom. The first-order valence-electron chi connectivity index (χ1n) is 5.85. The number of para-hydroxylation sites is 1. The predicted molar refractivity (Wildman–Crippen MR) is 73.2 cm³/mol. The molecule has 96 valence electrons. The van der Waals surface area contributed by atoms with E-state index in [1.807, 2.05) is 24.3 Å². The van der Waals surface area contributed by atoms with E-state index in [-0.39, 0.29) is 11.9 Å². The molecule has 1 atom stereocenters. The van der Waals surface area contributed by atoms with Gasteiger partial charge in [-0.05, 0) is 11.6 Å². The van der Waals surface area contributed by atoms with Crippen LogP contribution in [0.4, 0.5) is 11.5 Å². The molecule has 0 fully saturated rings. The second kappa shape index (κ2) is 4.85. The molecule has 0 spiro atoms. The Morgan fingerprint density at radius 2 is 2.21 bits per heavy atom. The monoisotopic (exact) mass is 274 g/mol. The molecular formula is C13H11ClN4O. The lowest BCUT2D eigenvalue weighted by atomic mass is 10.1. The number of rotatable bonds is 2. The Kier molecular flexibility index (Phi) is 3.05. The van der Waals surface area contributed by atoms with Crippen molar-refractivity contribution in [3.8, 4) is 0 Å². The summed E-state index contributed by atoms with van der Waals surface area (Å²) in [4.78, 5) is 19.8. The molecule has 3 rings (SSSR count). The SMILES string of the molecule is O=C(Nc1cc(Cl)ncn1)[C@@H]1Cc2ccccc2N1. The van der Waals surface area contributed by atoms with Crippen LogP contribution < -0.4 is 10.6 Å². The van der Waals surface area contributed by atoms with Crippen LogP contribution >= 0.6 is 11.6 Å². The normalized spacial score (nSPS) is 16.6. The highest BCUT2D eigenvalue weighted by atomic mass is 35.5. The largest absolute Gasteiger partial charge is 0.373 e. The minimum Gasteiger partial charge on any atom is -0.373 e. The second-order valence-electron chi connectivity index (χ2n) is 4.27. The molecule has 1 aliphatic heterocycles. The number of amides is 1. The number of fused-ring (bicyclic) bond motifs is 1. The van der Waals surface area contributed by atoms with Gasteiger partial charge in [-0.1, -0.05) is 29.8 Å². The lowest BCUT2D eigenvalue weighted by molar-refractivity contribution is -0.116. The van der Waals surface area contributed by atoms with Gasteiger partial charge in [0.05, 0.1) is 0 Å². The molecule has 0 saturated carbocycles. The molecule has 2 heterocycles. The highest BCUT2D eigenvalue weighted by Crippen LogP contribution is 2.25. The number of aromatic nitrogens is 2. The van der Waals surface area contributed by atoms with Gasteiger partial charge in [-0.2, -0.15) is 0 Å². The van der Waals surface area contributed by atoms with E-state index in [0.29, 0.717) is 17.4 Å². The number of hydrogen-bond acceptors (Lipinski definition) is 4. The first-order chi connectivity index (χ1) is 9.22. The number of carbonyl (C=O) groups excluding carboxylic acids is 1. The Morgan fingerprint density at radius 1 is 1.37 bits per heavy atom. The van der Waals surface area contributed by atoms with Gasteiger partial charge < -0.3 is 10.6 Å². The van der Waals surface area contributed by atoms with Gasteiger partial charge in [0.2, 0.25) is 5.91 Å². The lowest BCUT2D eigenvalue weighted by Gasteiger charge is -2.11. The fourth-order valence-corrected chi connectivity index (χ4v) is 2.22. The zero-order valence-electron chi connectivity index (χ0n) is 9.93. The average Bonchev–Trinajstić information content (AvgIpc) is 2.82. The van der Waals surface area contributed by atoms with Gasteiger partial charge >= 0.3 is 0 Å². The molecular weight excluding hydrogens is 264 g/mol. The number of anilines is 2. The van der Waals surface area contributed by atoms with Crippen molar-refractivity contribution >= 4 is 29.0 Å². The highest BCUT2D eigenvalue weighted by Gasteiger charge is 2.26. The topological polar surface area (TPSA) is 66.9 Å². The van der Waals surface area contributed by atoms with Crippen molar-refractivity contribution in [1.82, 2.24) is 9.97 Å². The zero-order chi connectivity index (χ0) is 13.2. The summed E-state index contributed by atoms with van der Waals surface area (Å²) in [6.45, 7) is 0.